The van der Waals surface area contributed by atoms with Crippen LogP contribution in [0.15, 0.2) is 11.6 Å². The molecule has 3 fully saturated rings. The summed E-state index contributed by atoms with van der Waals surface area (Å²) in [6.45, 7) is 4.75. The first-order valence-electron chi connectivity index (χ1n) is 9.60. The van der Waals surface area contributed by atoms with Crippen molar-refractivity contribution < 1.29 is 15.3 Å². The number of hydrogen-bond donors (Lipinski definition) is 3. The molecule has 0 aromatic carbocycles. The second kappa shape index (κ2) is 5.31. The molecule has 0 heterocycles. The predicted octanol–water partition coefficient (Wildman–Crippen LogP) is 2.89. The average molecular weight is 320 g/mol. The molecule has 4 aliphatic carbocycles. The van der Waals surface area contributed by atoms with Crippen LogP contribution in [0.1, 0.15) is 58.8 Å². The van der Waals surface area contributed by atoms with Crippen LogP contribution in [0.3, 0.4) is 0 Å². The number of fused-ring (bicyclic) bond motifs is 5. The van der Waals surface area contributed by atoms with Crippen LogP contribution in [0.4, 0.5) is 0 Å². The lowest BCUT2D eigenvalue weighted by molar-refractivity contribution is -0.107. The molecule has 0 aromatic rings. The largest absolute Gasteiger partial charge is 0.395 e. The van der Waals surface area contributed by atoms with Crippen LogP contribution in [-0.4, -0.2) is 34.1 Å². The van der Waals surface area contributed by atoms with E-state index < -0.39 is 0 Å². The maximum absolute atomic E-state index is 10.5. The number of aliphatic hydroxyl groups excluding tert-OH is 3. The second-order valence-corrected chi connectivity index (χ2v) is 9.17. The van der Waals surface area contributed by atoms with E-state index in [0.29, 0.717) is 23.7 Å². The summed E-state index contributed by atoms with van der Waals surface area (Å²) in [5.41, 5.74) is 1.30. The van der Waals surface area contributed by atoms with Gasteiger partial charge in [-0.15, -0.1) is 0 Å². The predicted molar refractivity (Wildman–Crippen MR) is 89.7 cm³/mol. The molecule has 4 rings (SSSR count). The Balaban J connectivity index is 1.74. The normalized spacial score (nSPS) is 55.6. The number of rotatable bonds is 1. The molecule has 0 bridgehead atoms. The summed E-state index contributed by atoms with van der Waals surface area (Å²) in [4.78, 5) is 0. The van der Waals surface area contributed by atoms with Crippen molar-refractivity contribution in [2.24, 2.45) is 34.5 Å². The number of aliphatic hydroxyl groups is 3. The Hall–Kier alpha value is -0.380. The molecule has 8 atom stereocenters. The molecule has 3 heteroatoms. The van der Waals surface area contributed by atoms with Gasteiger partial charge in [0, 0.05) is 5.41 Å². The monoisotopic (exact) mass is 320 g/mol. The van der Waals surface area contributed by atoms with E-state index >= 15 is 0 Å². The van der Waals surface area contributed by atoms with Crippen LogP contribution in [-0.2, 0) is 0 Å². The van der Waals surface area contributed by atoms with Gasteiger partial charge in [0.25, 0.3) is 0 Å². The first-order valence-corrected chi connectivity index (χ1v) is 9.60. The molecule has 0 radical (unpaired) electrons. The molecule has 3 N–H and O–H groups in total. The quantitative estimate of drug-likeness (QED) is 0.651. The average Bonchev–Trinajstić information content (AvgIpc) is 2.82. The molecule has 130 valence electrons. The minimum absolute atomic E-state index is 0.0839. The second-order valence-electron chi connectivity index (χ2n) is 9.17. The third kappa shape index (κ3) is 1.99. The summed E-state index contributed by atoms with van der Waals surface area (Å²) >= 11 is 0. The summed E-state index contributed by atoms with van der Waals surface area (Å²) in [6, 6.07) is 0. The smallest absolute Gasteiger partial charge is 0.0596 e. The van der Waals surface area contributed by atoms with E-state index in [-0.39, 0.29) is 29.6 Å². The van der Waals surface area contributed by atoms with E-state index in [1.807, 2.05) is 0 Å². The molecule has 0 spiro atoms. The fourth-order valence-electron chi connectivity index (χ4n) is 7.22. The van der Waals surface area contributed by atoms with E-state index in [0.717, 1.165) is 44.9 Å². The number of hydrogen-bond acceptors (Lipinski definition) is 3. The van der Waals surface area contributed by atoms with E-state index in [9.17, 15) is 15.3 Å². The van der Waals surface area contributed by atoms with Crippen LogP contribution in [0, 0.1) is 34.5 Å². The fraction of sp³-hybridized carbons (Fsp3) is 0.900. The lowest BCUT2D eigenvalue weighted by atomic mass is 9.45. The van der Waals surface area contributed by atoms with Gasteiger partial charge in [0.1, 0.15) is 0 Å². The Bertz CT molecular complexity index is 515. The third-order valence-electron chi connectivity index (χ3n) is 8.51. The Morgan fingerprint density at radius 3 is 2.70 bits per heavy atom. The van der Waals surface area contributed by atoms with E-state index in [1.165, 1.54) is 5.57 Å². The van der Waals surface area contributed by atoms with E-state index in [4.69, 9.17) is 0 Å². The van der Waals surface area contributed by atoms with Crippen molar-refractivity contribution in [3.05, 3.63) is 11.6 Å². The van der Waals surface area contributed by atoms with Crippen molar-refractivity contribution in [3.63, 3.8) is 0 Å². The van der Waals surface area contributed by atoms with Gasteiger partial charge in [-0.1, -0.05) is 25.5 Å². The van der Waals surface area contributed by atoms with Gasteiger partial charge in [-0.05, 0) is 74.0 Å². The summed E-state index contributed by atoms with van der Waals surface area (Å²) in [5.74, 6) is 2.06. The van der Waals surface area contributed by atoms with Gasteiger partial charge >= 0.3 is 0 Å². The lowest BCUT2D eigenvalue weighted by Crippen LogP contribution is -2.56. The Kier molecular flexibility index (Phi) is 3.72. The van der Waals surface area contributed by atoms with Gasteiger partial charge in [0.15, 0.2) is 0 Å². The zero-order chi connectivity index (χ0) is 16.4. The van der Waals surface area contributed by atoms with Gasteiger partial charge in [-0.2, -0.15) is 0 Å². The third-order valence-corrected chi connectivity index (χ3v) is 8.51. The Morgan fingerprint density at radius 1 is 1.17 bits per heavy atom. The summed E-state index contributed by atoms with van der Waals surface area (Å²) in [7, 11) is 0. The SMILES string of the molecule is C[C@@H]1C[C@H](O)CC2=CC[C@H]3[C@@H]4CC[C@H](O)[C@@]4(C)CC[C@@H]3[C@]21CO. The Morgan fingerprint density at radius 2 is 1.96 bits per heavy atom. The topological polar surface area (TPSA) is 60.7 Å². The van der Waals surface area contributed by atoms with Crippen LogP contribution < -0.4 is 0 Å². The molecule has 0 aliphatic heterocycles. The van der Waals surface area contributed by atoms with Crippen molar-refractivity contribution in [3.8, 4) is 0 Å². The zero-order valence-electron chi connectivity index (χ0n) is 14.5. The number of allylic oxidation sites excluding steroid dienone is 1. The van der Waals surface area contributed by atoms with E-state index in [1.54, 1.807) is 0 Å². The maximum Gasteiger partial charge on any atom is 0.0596 e. The molecular weight excluding hydrogens is 288 g/mol. The highest BCUT2D eigenvalue weighted by molar-refractivity contribution is 5.28. The molecule has 0 amide bonds. The molecule has 23 heavy (non-hydrogen) atoms. The fourth-order valence-corrected chi connectivity index (χ4v) is 7.22. The van der Waals surface area contributed by atoms with Crippen molar-refractivity contribution in [1.82, 2.24) is 0 Å². The van der Waals surface area contributed by atoms with Crippen LogP contribution in [0.25, 0.3) is 0 Å². The molecular formula is C20H32O3. The van der Waals surface area contributed by atoms with Crippen molar-refractivity contribution in [2.45, 2.75) is 71.0 Å². The van der Waals surface area contributed by atoms with Crippen LogP contribution in [0.5, 0.6) is 0 Å². The molecule has 0 saturated heterocycles. The lowest BCUT2D eigenvalue weighted by Gasteiger charge is -2.60. The highest BCUT2D eigenvalue weighted by Gasteiger charge is 2.61. The molecule has 3 saturated carbocycles. The van der Waals surface area contributed by atoms with Crippen molar-refractivity contribution in [2.75, 3.05) is 6.61 Å². The van der Waals surface area contributed by atoms with Gasteiger partial charge < -0.3 is 15.3 Å². The zero-order valence-corrected chi connectivity index (χ0v) is 14.5. The highest BCUT2D eigenvalue weighted by atomic mass is 16.3. The molecule has 0 unspecified atom stereocenters. The Labute approximate surface area is 139 Å². The highest BCUT2D eigenvalue weighted by Crippen LogP contribution is 2.65. The first-order chi connectivity index (χ1) is 10.9. The van der Waals surface area contributed by atoms with Gasteiger partial charge in [0.2, 0.25) is 0 Å². The summed E-state index contributed by atoms with van der Waals surface area (Å²) in [5, 5.41) is 31.2. The van der Waals surface area contributed by atoms with Crippen LogP contribution in [0.2, 0.25) is 0 Å². The summed E-state index contributed by atoms with van der Waals surface area (Å²) in [6.07, 6.45) is 8.90. The standard InChI is InChI=1S/C20H32O3/c1-12-9-14(22)10-13-3-4-15-16-5-6-18(23)19(16,2)8-7-17(15)20(12,13)11-21/h3,12,14-18,21-23H,4-11H2,1-2H3/t12-,14+,15+,16+,17+,18+,19+,20+/m1/s1. The van der Waals surface area contributed by atoms with E-state index in [2.05, 4.69) is 19.9 Å². The van der Waals surface area contributed by atoms with Gasteiger partial charge in [-0.3, -0.25) is 0 Å². The molecule has 4 aliphatic rings. The minimum atomic E-state index is -0.241. The summed E-state index contributed by atoms with van der Waals surface area (Å²) < 4.78 is 0. The van der Waals surface area contributed by atoms with Gasteiger partial charge in [-0.25, -0.2) is 0 Å². The molecule has 3 nitrogen and oxygen atoms in total. The maximum atomic E-state index is 10.5. The molecule has 0 aromatic heterocycles. The van der Waals surface area contributed by atoms with Crippen molar-refractivity contribution in [1.29, 1.82) is 0 Å². The first kappa shape index (κ1) is 16.1. The van der Waals surface area contributed by atoms with Gasteiger partial charge in [0.05, 0.1) is 18.8 Å². The minimum Gasteiger partial charge on any atom is -0.395 e. The van der Waals surface area contributed by atoms with Crippen molar-refractivity contribution >= 4 is 0 Å². The van der Waals surface area contributed by atoms with Crippen LogP contribution >= 0.6 is 0 Å².